The summed E-state index contributed by atoms with van der Waals surface area (Å²) in [6.07, 6.45) is 8.13. The Labute approximate surface area is 252 Å². The molecule has 5 heterocycles. The summed E-state index contributed by atoms with van der Waals surface area (Å²) in [5, 5.41) is 7.86. The number of anilines is 3. The molecule has 0 spiro atoms. The van der Waals surface area contributed by atoms with Gasteiger partial charge in [-0.2, -0.15) is 5.10 Å². The molecule has 12 nitrogen and oxygen atoms in total. The van der Waals surface area contributed by atoms with Gasteiger partial charge in [0.1, 0.15) is 42.4 Å². The van der Waals surface area contributed by atoms with Crippen molar-refractivity contribution in [3.8, 4) is 17.2 Å². The van der Waals surface area contributed by atoms with Crippen molar-refractivity contribution in [2.24, 2.45) is 0 Å². The Kier molecular flexibility index (Phi) is 7.14. The lowest BCUT2D eigenvalue weighted by Crippen LogP contribution is -2.58. The largest absolute Gasteiger partial charge is 0.488 e. The van der Waals surface area contributed by atoms with Crippen LogP contribution in [0.1, 0.15) is 0 Å². The number of hydrogen-bond donors (Lipinski definition) is 1. The van der Waals surface area contributed by atoms with Gasteiger partial charge in [-0.25, -0.2) is 23.9 Å². The molecule has 2 aliphatic rings. The van der Waals surface area contributed by atoms with E-state index >= 15 is 4.39 Å². The second-order valence-corrected chi connectivity index (χ2v) is 10.9. The van der Waals surface area contributed by atoms with Crippen LogP contribution in [0.4, 0.5) is 21.6 Å². The lowest BCUT2D eigenvalue weighted by molar-refractivity contribution is -0.127. The number of rotatable bonds is 7. The van der Waals surface area contributed by atoms with Crippen LogP contribution in [-0.4, -0.2) is 93.2 Å². The maximum absolute atomic E-state index is 15.3. The summed E-state index contributed by atoms with van der Waals surface area (Å²) >= 11 is 0. The van der Waals surface area contributed by atoms with Gasteiger partial charge in [-0.05, 0) is 44.4 Å². The van der Waals surface area contributed by atoms with E-state index in [0.717, 1.165) is 5.69 Å². The van der Waals surface area contributed by atoms with Gasteiger partial charge in [-0.15, -0.1) is 0 Å². The van der Waals surface area contributed by atoms with Crippen LogP contribution in [-0.2, 0) is 4.79 Å². The zero-order valence-corrected chi connectivity index (χ0v) is 24.2. The fourth-order valence-electron chi connectivity index (χ4n) is 5.53. The normalized spacial score (nSPS) is 16.3. The number of nitrogens with one attached hydrogen (secondary N) is 1. The summed E-state index contributed by atoms with van der Waals surface area (Å²) < 4.78 is 29.1. The van der Waals surface area contributed by atoms with Crippen molar-refractivity contribution >= 4 is 39.6 Å². The van der Waals surface area contributed by atoms with E-state index in [4.69, 9.17) is 9.47 Å². The molecule has 0 unspecified atom stereocenters. The van der Waals surface area contributed by atoms with Crippen molar-refractivity contribution in [3.63, 3.8) is 0 Å². The first kappa shape index (κ1) is 27.5. The van der Waals surface area contributed by atoms with Crippen molar-refractivity contribution < 1.29 is 18.7 Å². The van der Waals surface area contributed by atoms with Gasteiger partial charge in [0.05, 0.1) is 28.3 Å². The number of benzene rings is 2. The molecule has 5 aromatic rings. The number of ether oxygens (including phenoxy) is 2. The number of halogens is 1. The van der Waals surface area contributed by atoms with E-state index in [2.05, 4.69) is 30.3 Å². The van der Waals surface area contributed by atoms with E-state index in [1.165, 1.54) is 18.7 Å². The van der Waals surface area contributed by atoms with Crippen LogP contribution in [0.25, 0.3) is 16.6 Å². The molecule has 224 valence electrons. The van der Waals surface area contributed by atoms with Gasteiger partial charge in [-0.3, -0.25) is 4.79 Å². The highest BCUT2D eigenvalue weighted by Crippen LogP contribution is 2.43. The first-order valence-electron chi connectivity index (χ1n) is 14.2. The number of likely N-dealkylation sites (N-methyl/N-ethyl adjacent to an activating group) is 1. The SMILES string of the molecule is CN(C)C/C=C/C(=O)N1CCN2c3ccc4ncnc(Nc5ccc(Oc6ccn7ncnc7c6)cc5F)c4c3OC[C@H]2C1. The number of carbonyl (C=O) groups excluding carboxylic acids is 1. The summed E-state index contributed by atoms with van der Waals surface area (Å²) in [5.41, 5.74) is 2.42. The topological polar surface area (TPSA) is 113 Å². The number of aromatic nitrogens is 5. The molecule has 44 heavy (non-hydrogen) atoms. The van der Waals surface area contributed by atoms with E-state index in [1.807, 2.05) is 42.1 Å². The minimum atomic E-state index is -0.510. The first-order chi connectivity index (χ1) is 21.4. The maximum atomic E-state index is 15.3. The second kappa shape index (κ2) is 11.4. The number of piperazine rings is 1. The van der Waals surface area contributed by atoms with Crippen LogP contribution in [0.5, 0.6) is 17.2 Å². The van der Waals surface area contributed by atoms with Gasteiger partial charge in [0, 0.05) is 50.6 Å². The zero-order chi connectivity index (χ0) is 30.2. The highest BCUT2D eigenvalue weighted by atomic mass is 19.1. The third-order valence-electron chi connectivity index (χ3n) is 7.67. The number of pyridine rings is 1. The molecule has 2 aromatic carbocycles. The molecule has 0 radical (unpaired) electrons. The van der Waals surface area contributed by atoms with E-state index in [-0.39, 0.29) is 17.6 Å². The van der Waals surface area contributed by atoms with E-state index < -0.39 is 5.82 Å². The molecule has 0 saturated carbocycles. The molecule has 1 fully saturated rings. The summed E-state index contributed by atoms with van der Waals surface area (Å²) in [7, 11) is 3.93. The molecule has 1 N–H and O–H groups in total. The smallest absolute Gasteiger partial charge is 0.246 e. The minimum Gasteiger partial charge on any atom is -0.488 e. The number of carbonyl (C=O) groups is 1. The Morgan fingerprint density at radius 3 is 2.86 bits per heavy atom. The standard InChI is InChI=1S/C31H30FN9O3/c1-38(2)10-3-4-28(42)39-12-13-40-20(16-39)17-43-30-26(40)8-7-25-29(30)31(35-18-33-25)37-24-6-5-21(14-23(24)32)44-22-9-11-41-27(15-22)34-19-36-41/h3-9,11,14-15,18-20H,10,12-13,16-17H2,1-2H3,(H,33,35,37)/b4-3+/t20-/m1/s1. The molecular weight excluding hydrogens is 565 g/mol. The summed E-state index contributed by atoms with van der Waals surface area (Å²) in [4.78, 5) is 31.9. The highest BCUT2D eigenvalue weighted by Gasteiger charge is 2.35. The zero-order valence-electron chi connectivity index (χ0n) is 24.2. The van der Waals surface area contributed by atoms with Gasteiger partial charge < -0.3 is 29.5 Å². The number of hydrogen-bond acceptors (Lipinski definition) is 10. The number of fused-ring (bicyclic) bond motifs is 6. The van der Waals surface area contributed by atoms with Gasteiger partial charge in [0.2, 0.25) is 5.91 Å². The average Bonchev–Trinajstić information content (AvgIpc) is 3.49. The average molecular weight is 596 g/mol. The van der Waals surface area contributed by atoms with Crippen molar-refractivity contribution in [1.29, 1.82) is 0 Å². The molecule has 3 aromatic heterocycles. The number of amides is 1. The maximum Gasteiger partial charge on any atom is 0.246 e. The Hall–Kier alpha value is -5.30. The highest BCUT2D eigenvalue weighted by molar-refractivity contribution is 6.00. The fourth-order valence-corrected chi connectivity index (χ4v) is 5.53. The summed E-state index contributed by atoms with van der Waals surface area (Å²) in [5.74, 6) is 1.41. The monoisotopic (exact) mass is 595 g/mol. The molecule has 7 rings (SSSR count). The predicted molar refractivity (Wildman–Crippen MR) is 163 cm³/mol. The molecule has 0 aliphatic carbocycles. The molecule has 1 amide bonds. The predicted octanol–water partition coefficient (Wildman–Crippen LogP) is 3.87. The molecule has 0 bridgehead atoms. The van der Waals surface area contributed by atoms with Crippen molar-refractivity contribution in [1.82, 2.24) is 34.4 Å². The van der Waals surface area contributed by atoms with Crippen LogP contribution in [0.2, 0.25) is 0 Å². The molecule has 1 atom stereocenters. The van der Waals surface area contributed by atoms with Crippen LogP contribution in [0, 0.1) is 5.82 Å². The van der Waals surface area contributed by atoms with E-state index in [9.17, 15) is 4.79 Å². The lowest BCUT2D eigenvalue weighted by Gasteiger charge is -2.45. The van der Waals surface area contributed by atoms with Crippen LogP contribution in [0.15, 0.2) is 73.5 Å². The Balaban J connectivity index is 1.11. The third kappa shape index (κ3) is 5.33. The molecule has 13 heteroatoms. The van der Waals surface area contributed by atoms with Crippen LogP contribution >= 0.6 is 0 Å². The van der Waals surface area contributed by atoms with Gasteiger partial charge >= 0.3 is 0 Å². The van der Waals surface area contributed by atoms with Crippen molar-refractivity contribution in [2.45, 2.75) is 6.04 Å². The molecular formula is C31H30FN9O3. The molecule has 1 saturated heterocycles. The van der Waals surface area contributed by atoms with Crippen molar-refractivity contribution in [3.05, 3.63) is 79.3 Å². The second-order valence-electron chi connectivity index (χ2n) is 10.9. The Morgan fingerprint density at radius 2 is 2.00 bits per heavy atom. The summed E-state index contributed by atoms with van der Waals surface area (Å²) in [6.45, 7) is 2.93. The van der Waals surface area contributed by atoms with Crippen molar-refractivity contribution in [2.75, 3.05) is 57.1 Å². The lowest BCUT2D eigenvalue weighted by atomic mass is 10.1. The quantitative estimate of drug-likeness (QED) is 0.278. The van der Waals surface area contributed by atoms with Gasteiger partial charge in [0.15, 0.2) is 11.4 Å². The minimum absolute atomic E-state index is 0.00512. The molecule has 2 aliphatic heterocycles. The number of nitrogens with zero attached hydrogens (tertiary/aromatic N) is 8. The first-order valence-corrected chi connectivity index (χ1v) is 14.2. The van der Waals surface area contributed by atoms with E-state index in [0.29, 0.717) is 72.4 Å². The Bertz CT molecular complexity index is 1890. The van der Waals surface area contributed by atoms with Crippen LogP contribution in [0.3, 0.4) is 0 Å². The fraction of sp³-hybridized carbons (Fsp3) is 0.258. The van der Waals surface area contributed by atoms with Gasteiger partial charge in [0.25, 0.3) is 0 Å². The third-order valence-corrected chi connectivity index (χ3v) is 7.67. The summed E-state index contributed by atoms with van der Waals surface area (Å²) in [6, 6.07) is 11.9. The van der Waals surface area contributed by atoms with E-state index in [1.54, 1.807) is 41.1 Å². The van der Waals surface area contributed by atoms with Gasteiger partial charge in [-0.1, -0.05) is 6.08 Å². The Morgan fingerprint density at radius 1 is 1.11 bits per heavy atom. The van der Waals surface area contributed by atoms with Crippen LogP contribution < -0.4 is 19.7 Å².